The van der Waals surface area contributed by atoms with Crippen molar-refractivity contribution in [2.45, 2.75) is 13.3 Å². The molecule has 1 fully saturated rings. The van der Waals surface area contributed by atoms with E-state index in [2.05, 4.69) is 0 Å². The van der Waals surface area contributed by atoms with Crippen LogP contribution in [0.3, 0.4) is 0 Å². The summed E-state index contributed by atoms with van der Waals surface area (Å²) in [6, 6.07) is 6.15. The van der Waals surface area contributed by atoms with Crippen LogP contribution in [0, 0.1) is 17.7 Å². The van der Waals surface area contributed by atoms with Crippen LogP contribution in [0.2, 0.25) is 0 Å². The van der Waals surface area contributed by atoms with Gasteiger partial charge < -0.3 is 9.47 Å². The van der Waals surface area contributed by atoms with Crippen molar-refractivity contribution in [3.8, 4) is 5.75 Å². The summed E-state index contributed by atoms with van der Waals surface area (Å²) in [5.74, 6) is 0.103. The van der Waals surface area contributed by atoms with Gasteiger partial charge in [0.2, 0.25) is 0 Å². The highest BCUT2D eigenvalue weighted by atomic mass is 19.1. The SMILES string of the molecule is CC1CC1C(=O)OCCOc1ccccc1F. The molecule has 4 heteroatoms. The fraction of sp³-hybridized carbons (Fsp3) is 0.462. The molecule has 1 aliphatic carbocycles. The van der Waals surface area contributed by atoms with E-state index in [1.165, 1.54) is 6.07 Å². The van der Waals surface area contributed by atoms with E-state index in [9.17, 15) is 9.18 Å². The normalized spacial score (nSPS) is 22.0. The van der Waals surface area contributed by atoms with Crippen LogP contribution in [-0.4, -0.2) is 19.2 Å². The van der Waals surface area contributed by atoms with Crippen LogP contribution in [0.1, 0.15) is 13.3 Å². The van der Waals surface area contributed by atoms with Gasteiger partial charge in [-0.15, -0.1) is 0 Å². The predicted octanol–water partition coefficient (Wildman–Crippen LogP) is 2.40. The Kier molecular flexibility index (Phi) is 3.61. The third-order valence-electron chi connectivity index (χ3n) is 2.83. The second kappa shape index (κ2) is 5.17. The van der Waals surface area contributed by atoms with Gasteiger partial charge in [0.1, 0.15) is 13.2 Å². The summed E-state index contributed by atoms with van der Waals surface area (Å²) >= 11 is 0. The number of ether oxygens (including phenoxy) is 2. The molecule has 1 aromatic rings. The number of para-hydroxylation sites is 1. The quantitative estimate of drug-likeness (QED) is 0.583. The Morgan fingerprint density at radius 3 is 2.76 bits per heavy atom. The first-order valence-electron chi connectivity index (χ1n) is 5.72. The number of halogens is 1. The van der Waals surface area contributed by atoms with Crippen LogP contribution in [-0.2, 0) is 9.53 Å². The average Bonchev–Trinajstić information content (AvgIpc) is 3.04. The third-order valence-corrected chi connectivity index (χ3v) is 2.83. The molecule has 0 heterocycles. The number of rotatable bonds is 5. The summed E-state index contributed by atoms with van der Waals surface area (Å²) < 4.78 is 23.3. The van der Waals surface area contributed by atoms with E-state index in [1.54, 1.807) is 18.2 Å². The van der Waals surface area contributed by atoms with E-state index >= 15 is 0 Å². The maximum Gasteiger partial charge on any atom is 0.309 e. The van der Waals surface area contributed by atoms with E-state index in [1.807, 2.05) is 6.92 Å². The van der Waals surface area contributed by atoms with E-state index in [0.717, 1.165) is 6.42 Å². The molecule has 0 radical (unpaired) electrons. The minimum absolute atomic E-state index is 0.0588. The smallest absolute Gasteiger partial charge is 0.309 e. The minimum Gasteiger partial charge on any atom is -0.487 e. The van der Waals surface area contributed by atoms with E-state index in [4.69, 9.17) is 9.47 Å². The first kappa shape index (κ1) is 11.9. The van der Waals surface area contributed by atoms with Crippen LogP contribution in [0.4, 0.5) is 4.39 Å². The maximum absolute atomic E-state index is 13.1. The highest BCUT2D eigenvalue weighted by Crippen LogP contribution is 2.38. The lowest BCUT2D eigenvalue weighted by atomic mass is 10.3. The van der Waals surface area contributed by atoms with Crippen molar-refractivity contribution in [1.29, 1.82) is 0 Å². The van der Waals surface area contributed by atoms with Crippen LogP contribution in [0.15, 0.2) is 24.3 Å². The molecule has 0 saturated heterocycles. The Morgan fingerprint density at radius 2 is 2.12 bits per heavy atom. The fourth-order valence-corrected chi connectivity index (χ4v) is 1.61. The van der Waals surface area contributed by atoms with E-state index < -0.39 is 5.82 Å². The summed E-state index contributed by atoms with van der Waals surface area (Å²) in [6.07, 6.45) is 0.910. The third kappa shape index (κ3) is 3.19. The van der Waals surface area contributed by atoms with Crippen molar-refractivity contribution in [2.24, 2.45) is 11.8 Å². The van der Waals surface area contributed by atoms with Gasteiger partial charge in [-0.2, -0.15) is 0 Å². The van der Waals surface area contributed by atoms with Crippen molar-refractivity contribution in [2.75, 3.05) is 13.2 Å². The van der Waals surface area contributed by atoms with Crippen molar-refractivity contribution in [1.82, 2.24) is 0 Å². The standard InChI is InChI=1S/C13H15FO3/c1-9-8-10(9)13(15)17-7-6-16-12-5-3-2-4-11(12)14/h2-5,9-10H,6-8H2,1H3. The molecule has 2 atom stereocenters. The Bertz CT molecular complexity index is 405. The molecule has 0 N–H and O–H groups in total. The molecule has 1 aliphatic rings. The van der Waals surface area contributed by atoms with Crippen LogP contribution >= 0.6 is 0 Å². The largest absolute Gasteiger partial charge is 0.487 e. The molecule has 1 saturated carbocycles. The molecule has 0 bridgehead atoms. The first-order valence-corrected chi connectivity index (χ1v) is 5.72. The lowest BCUT2D eigenvalue weighted by Gasteiger charge is -2.07. The Balaban J connectivity index is 1.66. The number of carbonyl (C=O) groups is 1. The fourth-order valence-electron chi connectivity index (χ4n) is 1.61. The number of esters is 1. The lowest BCUT2D eigenvalue weighted by Crippen LogP contribution is -2.14. The topological polar surface area (TPSA) is 35.5 Å². The highest BCUT2D eigenvalue weighted by molar-refractivity contribution is 5.75. The molecule has 1 aromatic carbocycles. The second-order valence-electron chi connectivity index (χ2n) is 4.27. The average molecular weight is 238 g/mol. The molecule has 2 rings (SSSR count). The van der Waals surface area contributed by atoms with Gasteiger partial charge in [0.25, 0.3) is 0 Å². The molecule has 0 aliphatic heterocycles. The Morgan fingerprint density at radius 1 is 1.41 bits per heavy atom. The molecular formula is C13H15FO3. The van der Waals surface area contributed by atoms with Crippen LogP contribution in [0.25, 0.3) is 0 Å². The van der Waals surface area contributed by atoms with Gasteiger partial charge in [-0.25, -0.2) is 4.39 Å². The summed E-state index contributed by atoms with van der Waals surface area (Å²) in [5, 5.41) is 0. The zero-order valence-corrected chi connectivity index (χ0v) is 9.69. The van der Waals surface area contributed by atoms with Crippen molar-refractivity contribution < 1.29 is 18.7 Å². The van der Waals surface area contributed by atoms with Gasteiger partial charge in [-0.3, -0.25) is 4.79 Å². The number of hydrogen-bond acceptors (Lipinski definition) is 3. The molecule has 92 valence electrons. The molecule has 17 heavy (non-hydrogen) atoms. The number of carbonyl (C=O) groups excluding carboxylic acids is 1. The van der Waals surface area contributed by atoms with Crippen LogP contribution < -0.4 is 4.74 Å². The van der Waals surface area contributed by atoms with Crippen molar-refractivity contribution in [3.05, 3.63) is 30.1 Å². The zero-order chi connectivity index (χ0) is 12.3. The first-order chi connectivity index (χ1) is 8.18. The Labute approximate surface area is 99.5 Å². The highest BCUT2D eigenvalue weighted by Gasteiger charge is 2.40. The number of benzene rings is 1. The van der Waals surface area contributed by atoms with E-state index in [0.29, 0.717) is 5.92 Å². The molecule has 2 unspecified atom stereocenters. The molecule has 0 aromatic heterocycles. The van der Waals surface area contributed by atoms with Crippen molar-refractivity contribution >= 4 is 5.97 Å². The van der Waals surface area contributed by atoms with E-state index in [-0.39, 0.29) is 30.9 Å². The van der Waals surface area contributed by atoms with Gasteiger partial charge >= 0.3 is 5.97 Å². The summed E-state index contributed by atoms with van der Waals surface area (Å²) in [7, 11) is 0. The maximum atomic E-state index is 13.1. The monoisotopic (exact) mass is 238 g/mol. The van der Waals surface area contributed by atoms with Crippen LogP contribution in [0.5, 0.6) is 5.75 Å². The summed E-state index contributed by atoms with van der Waals surface area (Å²) in [6.45, 7) is 2.35. The zero-order valence-electron chi connectivity index (χ0n) is 9.69. The van der Waals surface area contributed by atoms with Crippen molar-refractivity contribution in [3.63, 3.8) is 0 Å². The van der Waals surface area contributed by atoms with Gasteiger partial charge in [0, 0.05) is 0 Å². The van der Waals surface area contributed by atoms with Gasteiger partial charge in [0.15, 0.2) is 11.6 Å². The minimum atomic E-state index is -0.408. The van der Waals surface area contributed by atoms with Gasteiger partial charge in [-0.05, 0) is 24.5 Å². The van der Waals surface area contributed by atoms with Gasteiger partial charge in [0.05, 0.1) is 5.92 Å². The Hall–Kier alpha value is -1.58. The summed E-state index contributed by atoms with van der Waals surface area (Å²) in [4.78, 5) is 11.3. The number of hydrogen-bond donors (Lipinski definition) is 0. The summed E-state index contributed by atoms with van der Waals surface area (Å²) in [5.41, 5.74) is 0. The molecule has 0 amide bonds. The molecule has 0 spiro atoms. The lowest BCUT2D eigenvalue weighted by molar-refractivity contribution is -0.146. The predicted molar refractivity (Wildman–Crippen MR) is 60.1 cm³/mol. The second-order valence-corrected chi connectivity index (χ2v) is 4.27. The molecule has 3 nitrogen and oxygen atoms in total. The molecular weight excluding hydrogens is 223 g/mol. The van der Waals surface area contributed by atoms with Gasteiger partial charge in [-0.1, -0.05) is 19.1 Å².